The minimum absolute atomic E-state index is 0.395. The van der Waals surface area contributed by atoms with E-state index in [1.54, 1.807) is 0 Å². The van der Waals surface area contributed by atoms with Crippen molar-refractivity contribution in [2.75, 3.05) is 56.2 Å². The summed E-state index contributed by atoms with van der Waals surface area (Å²) in [6, 6.07) is 4.40. The van der Waals surface area contributed by atoms with Crippen LogP contribution >= 0.6 is 0 Å². The number of aromatic nitrogens is 3. The normalized spacial score (nSPS) is 21.4. The molecule has 0 spiro atoms. The molecule has 4 heterocycles. The second-order valence-electron chi connectivity index (χ2n) is 7.39. The summed E-state index contributed by atoms with van der Waals surface area (Å²) in [5, 5.41) is 4.13. The molecule has 27 heavy (non-hydrogen) atoms. The molecule has 146 valence electrons. The van der Waals surface area contributed by atoms with E-state index in [0.717, 1.165) is 82.0 Å². The predicted molar refractivity (Wildman–Crippen MR) is 103 cm³/mol. The van der Waals surface area contributed by atoms with E-state index in [-0.39, 0.29) is 0 Å². The van der Waals surface area contributed by atoms with Gasteiger partial charge >= 0.3 is 0 Å². The summed E-state index contributed by atoms with van der Waals surface area (Å²) in [7, 11) is 2.10. The Labute approximate surface area is 160 Å². The Morgan fingerprint density at radius 3 is 2.89 bits per heavy atom. The van der Waals surface area contributed by atoms with Crippen molar-refractivity contribution in [2.24, 2.45) is 0 Å². The van der Waals surface area contributed by atoms with Crippen molar-refractivity contribution in [1.29, 1.82) is 0 Å². The van der Waals surface area contributed by atoms with Gasteiger partial charge in [0.25, 0.3) is 0 Å². The average Bonchev–Trinajstić information content (AvgIpc) is 3.13. The predicted octanol–water partition coefficient (Wildman–Crippen LogP) is 1.71. The first kappa shape index (κ1) is 18.2. The van der Waals surface area contributed by atoms with Crippen molar-refractivity contribution in [3.63, 3.8) is 0 Å². The molecule has 0 aliphatic carbocycles. The van der Waals surface area contributed by atoms with Gasteiger partial charge < -0.3 is 19.1 Å². The zero-order valence-electron chi connectivity index (χ0n) is 16.2. The number of nitrogens with zero attached hydrogens (tertiary/aromatic N) is 6. The summed E-state index contributed by atoms with van der Waals surface area (Å²) in [4.78, 5) is 16.3. The molecule has 1 unspecified atom stereocenters. The first-order valence-electron chi connectivity index (χ1n) is 9.72. The zero-order valence-corrected chi connectivity index (χ0v) is 16.2. The van der Waals surface area contributed by atoms with Crippen LogP contribution in [-0.2, 0) is 11.3 Å². The summed E-state index contributed by atoms with van der Waals surface area (Å²) in [5.41, 5.74) is 1.00. The number of ether oxygens (including phenoxy) is 1. The molecule has 2 saturated heterocycles. The van der Waals surface area contributed by atoms with E-state index in [1.807, 2.05) is 25.3 Å². The molecule has 0 N–H and O–H groups in total. The topological polar surface area (TPSA) is 70.8 Å². The van der Waals surface area contributed by atoms with E-state index < -0.39 is 0 Å². The molecule has 8 heteroatoms. The van der Waals surface area contributed by atoms with E-state index in [1.165, 1.54) is 0 Å². The average molecular weight is 372 g/mol. The maximum absolute atomic E-state index is 5.44. The number of rotatable bonds is 5. The third kappa shape index (κ3) is 4.39. The standard InChI is InChI=1S/C19H28N6O2/c1-15-12-16(22-27-15)13-24-7-3-4-17(14-24)23(2)19-20-6-5-18(21-19)25-8-10-26-11-9-25/h5-6,12,17H,3-4,7-11,13-14H2,1-2H3. The first-order chi connectivity index (χ1) is 13.2. The number of hydrogen-bond donors (Lipinski definition) is 0. The minimum Gasteiger partial charge on any atom is -0.378 e. The van der Waals surface area contributed by atoms with E-state index in [0.29, 0.717) is 6.04 Å². The summed E-state index contributed by atoms with van der Waals surface area (Å²) in [5.74, 6) is 2.65. The Morgan fingerprint density at radius 2 is 2.11 bits per heavy atom. The molecule has 0 aromatic carbocycles. The minimum atomic E-state index is 0.395. The lowest BCUT2D eigenvalue weighted by atomic mass is 10.0. The fourth-order valence-corrected chi connectivity index (χ4v) is 3.85. The van der Waals surface area contributed by atoms with Crippen LogP contribution in [0.25, 0.3) is 0 Å². The molecule has 2 aromatic rings. The number of likely N-dealkylation sites (tertiary alicyclic amines) is 1. The fraction of sp³-hybridized carbons (Fsp3) is 0.632. The molecule has 8 nitrogen and oxygen atoms in total. The highest BCUT2D eigenvalue weighted by molar-refractivity contribution is 5.44. The van der Waals surface area contributed by atoms with Gasteiger partial charge in [0, 0.05) is 51.5 Å². The lowest BCUT2D eigenvalue weighted by Crippen LogP contribution is -2.47. The fourth-order valence-electron chi connectivity index (χ4n) is 3.85. The highest BCUT2D eigenvalue weighted by atomic mass is 16.5. The second kappa shape index (κ2) is 8.22. The molecule has 0 radical (unpaired) electrons. The second-order valence-corrected chi connectivity index (χ2v) is 7.39. The van der Waals surface area contributed by atoms with Crippen LogP contribution in [0.3, 0.4) is 0 Å². The number of anilines is 2. The monoisotopic (exact) mass is 372 g/mol. The van der Waals surface area contributed by atoms with Gasteiger partial charge in [-0.05, 0) is 32.4 Å². The van der Waals surface area contributed by atoms with Crippen LogP contribution in [0.2, 0.25) is 0 Å². The van der Waals surface area contributed by atoms with E-state index in [4.69, 9.17) is 14.2 Å². The molecule has 0 amide bonds. The first-order valence-corrected chi connectivity index (χ1v) is 9.72. The van der Waals surface area contributed by atoms with Crippen LogP contribution < -0.4 is 9.80 Å². The van der Waals surface area contributed by atoms with Gasteiger partial charge in [0.1, 0.15) is 11.6 Å². The van der Waals surface area contributed by atoms with Crippen LogP contribution in [0.4, 0.5) is 11.8 Å². The molecule has 2 aliphatic rings. The summed E-state index contributed by atoms with van der Waals surface area (Å²) in [6.07, 6.45) is 4.17. The largest absolute Gasteiger partial charge is 0.378 e. The Morgan fingerprint density at radius 1 is 1.26 bits per heavy atom. The molecular formula is C19H28N6O2. The van der Waals surface area contributed by atoms with Gasteiger partial charge in [0.05, 0.1) is 18.9 Å². The summed E-state index contributed by atoms with van der Waals surface area (Å²) < 4.78 is 10.6. The Kier molecular flexibility index (Phi) is 5.54. The van der Waals surface area contributed by atoms with E-state index in [2.05, 4.69) is 31.9 Å². The van der Waals surface area contributed by atoms with Crippen molar-refractivity contribution in [2.45, 2.75) is 32.4 Å². The quantitative estimate of drug-likeness (QED) is 0.786. The lowest BCUT2D eigenvalue weighted by molar-refractivity contribution is 0.122. The van der Waals surface area contributed by atoms with Crippen molar-refractivity contribution in [1.82, 2.24) is 20.0 Å². The van der Waals surface area contributed by atoms with Gasteiger partial charge in [-0.3, -0.25) is 4.90 Å². The molecular weight excluding hydrogens is 344 g/mol. The van der Waals surface area contributed by atoms with Crippen LogP contribution in [0.1, 0.15) is 24.3 Å². The number of hydrogen-bond acceptors (Lipinski definition) is 8. The van der Waals surface area contributed by atoms with Crippen LogP contribution in [0.5, 0.6) is 0 Å². The van der Waals surface area contributed by atoms with Gasteiger partial charge in [-0.15, -0.1) is 0 Å². The maximum Gasteiger partial charge on any atom is 0.227 e. The zero-order chi connectivity index (χ0) is 18.6. The number of morpholine rings is 1. The third-order valence-electron chi connectivity index (χ3n) is 5.37. The Balaban J connectivity index is 1.41. The Bertz CT molecular complexity index is 745. The highest BCUT2D eigenvalue weighted by Crippen LogP contribution is 2.22. The van der Waals surface area contributed by atoms with Crippen molar-refractivity contribution >= 4 is 11.8 Å². The molecule has 0 saturated carbocycles. The highest BCUT2D eigenvalue weighted by Gasteiger charge is 2.26. The molecule has 4 rings (SSSR count). The van der Waals surface area contributed by atoms with Crippen LogP contribution in [0, 0.1) is 6.92 Å². The van der Waals surface area contributed by atoms with Crippen LogP contribution in [-0.4, -0.2) is 72.5 Å². The van der Waals surface area contributed by atoms with Crippen molar-refractivity contribution in [3.8, 4) is 0 Å². The van der Waals surface area contributed by atoms with Gasteiger partial charge in [0.15, 0.2) is 0 Å². The number of piperidine rings is 1. The Hall–Kier alpha value is -2.19. The van der Waals surface area contributed by atoms with E-state index >= 15 is 0 Å². The third-order valence-corrected chi connectivity index (χ3v) is 5.37. The molecule has 2 aromatic heterocycles. The molecule has 2 aliphatic heterocycles. The molecule has 1 atom stereocenters. The number of likely N-dealkylation sites (N-methyl/N-ethyl adjacent to an activating group) is 1. The number of aryl methyl sites for hydroxylation is 1. The summed E-state index contributed by atoms with van der Waals surface area (Å²) >= 11 is 0. The lowest BCUT2D eigenvalue weighted by Gasteiger charge is -2.37. The van der Waals surface area contributed by atoms with Gasteiger partial charge in [0.2, 0.25) is 5.95 Å². The smallest absolute Gasteiger partial charge is 0.227 e. The van der Waals surface area contributed by atoms with E-state index in [9.17, 15) is 0 Å². The van der Waals surface area contributed by atoms with Gasteiger partial charge in [-0.25, -0.2) is 4.98 Å². The SMILES string of the molecule is Cc1cc(CN2CCCC(N(C)c3nccc(N4CCOCC4)n3)C2)no1. The van der Waals surface area contributed by atoms with Crippen LogP contribution in [0.15, 0.2) is 22.9 Å². The summed E-state index contributed by atoms with van der Waals surface area (Å²) in [6.45, 7) is 8.11. The molecule has 0 bridgehead atoms. The van der Waals surface area contributed by atoms with Crippen molar-refractivity contribution < 1.29 is 9.26 Å². The molecule has 2 fully saturated rings. The van der Waals surface area contributed by atoms with Gasteiger partial charge in [-0.1, -0.05) is 5.16 Å². The van der Waals surface area contributed by atoms with Crippen molar-refractivity contribution in [3.05, 3.63) is 29.8 Å². The van der Waals surface area contributed by atoms with Gasteiger partial charge in [-0.2, -0.15) is 4.98 Å². The maximum atomic E-state index is 5.44.